The number of ether oxygens (including phenoxy) is 2. The number of para-hydroxylation sites is 1. The van der Waals surface area contributed by atoms with Crippen molar-refractivity contribution in [3.05, 3.63) is 70.3 Å². The van der Waals surface area contributed by atoms with Gasteiger partial charge in [0.25, 0.3) is 5.91 Å². The Balaban J connectivity index is 1.03. The molecule has 0 saturated carbocycles. The Morgan fingerprint density at radius 2 is 1.71 bits per heavy atom. The van der Waals surface area contributed by atoms with Crippen LogP contribution < -0.4 is 25.7 Å². The van der Waals surface area contributed by atoms with Gasteiger partial charge in [0.1, 0.15) is 27.9 Å². The van der Waals surface area contributed by atoms with Crippen LogP contribution in [0.3, 0.4) is 0 Å². The molecule has 14 heteroatoms. The molecule has 55 heavy (non-hydrogen) atoms. The zero-order valence-electron chi connectivity index (χ0n) is 31.1. The van der Waals surface area contributed by atoms with Gasteiger partial charge in [-0.25, -0.2) is 4.39 Å². The number of fused-ring (bicyclic) bond motifs is 5. The summed E-state index contributed by atoms with van der Waals surface area (Å²) in [7, 11) is 2.11. The summed E-state index contributed by atoms with van der Waals surface area (Å²) in [6, 6.07) is 12.5. The van der Waals surface area contributed by atoms with Gasteiger partial charge in [-0.3, -0.25) is 19.3 Å². The average Bonchev–Trinajstić information content (AvgIpc) is 3.80. The lowest BCUT2D eigenvalue weighted by Gasteiger charge is -2.32. The number of aromatic nitrogens is 1. The lowest BCUT2D eigenvalue weighted by atomic mass is 10.0. The molecule has 0 bridgehead atoms. The summed E-state index contributed by atoms with van der Waals surface area (Å²) in [5.41, 5.74) is 1.81. The number of anilines is 1. The van der Waals surface area contributed by atoms with Crippen LogP contribution in [0.4, 0.5) is 10.1 Å². The van der Waals surface area contributed by atoms with Crippen molar-refractivity contribution in [2.24, 2.45) is 0 Å². The van der Waals surface area contributed by atoms with Crippen LogP contribution in [-0.2, 0) is 9.53 Å². The largest absolute Gasteiger partial charge is 0.456 e. The van der Waals surface area contributed by atoms with Gasteiger partial charge in [-0.2, -0.15) is 0 Å². The molecule has 2 amide bonds. The number of hydrogen-bond donors (Lipinski definition) is 2. The molecule has 6 heterocycles. The van der Waals surface area contributed by atoms with Crippen molar-refractivity contribution in [1.29, 1.82) is 0 Å². The minimum absolute atomic E-state index is 0.0200. The molecule has 0 unspecified atom stereocenters. The molecule has 5 aromatic rings. The van der Waals surface area contributed by atoms with Gasteiger partial charge in [-0.15, -0.1) is 0 Å². The van der Waals surface area contributed by atoms with Crippen molar-refractivity contribution in [3.8, 4) is 17.2 Å². The maximum Gasteiger partial charge on any atom is 0.256 e. The number of piperazine rings is 1. The number of hydrogen-bond acceptors (Lipinski definition) is 10. The summed E-state index contributed by atoms with van der Waals surface area (Å²) in [4.78, 5) is 49.5. The number of likely N-dealkylation sites (N-methyl/N-ethyl adjacent to an activating group) is 1. The first-order chi connectivity index (χ1) is 26.8. The van der Waals surface area contributed by atoms with E-state index in [9.17, 15) is 14.4 Å². The molecule has 288 valence electrons. The van der Waals surface area contributed by atoms with Gasteiger partial charge in [0.05, 0.1) is 24.3 Å². The lowest BCUT2D eigenvalue weighted by molar-refractivity contribution is -0.122. The van der Waals surface area contributed by atoms with Crippen molar-refractivity contribution < 1.29 is 27.9 Å². The van der Waals surface area contributed by atoms with Gasteiger partial charge in [0.2, 0.25) is 11.3 Å². The minimum atomic E-state index is -0.630. The molecular weight excluding hydrogens is 705 g/mol. The molecule has 3 fully saturated rings. The molecule has 0 aliphatic carbocycles. The number of benzene rings is 3. The molecule has 3 saturated heterocycles. The van der Waals surface area contributed by atoms with E-state index in [0.29, 0.717) is 86.8 Å². The second-order valence-electron chi connectivity index (χ2n) is 15.1. The number of nitrogens with one attached hydrogen (secondary N) is 2. The van der Waals surface area contributed by atoms with E-state index < -0.39 is 17.2 Å². The third kappa shape index (κ3) is 6.92. The topological polar surface area (TPSA) is 125 Å². The summed E-state index contributed by atoms with van der Waals surface area (Å²) < 4.78 is 36.6. The first-order valence-corrected chi connectivity index (χ1v) is 19.4. The highest BCUT2D eigenvalue weighted by Gasteiger charge is 2.34. The van der Waals surface area contributed by atoms with Crippen molar-refractivity contribution in [3.63, 3.8) is 0 Å². The van der Waals surface area contributed by atoms with E-state index in [4.69, 9.17) is 13.9 Å². The van der Waals surface area contributed by atoms with Gasteiger partial charge < -0.3 is 43.8 Å². The highest BCUT2D eigenvalue weighted by atomic mass is 19.1. The Labute approximate surface area is 317 Å². The van der Waals surface area contributed by atoms with Crippen LogP contribution in [0.25, 0.3) is 38.5 Å². The summed E-state index contributed by atoms with van der Waals surface area (Å²) in [5.74, 6) is -0.533. The monoisotopic (exact) mass is 751 g/mol. The van der Waals surface area contributed by atoms with E-state index in [1.807, 2.05) is 41.3 Å². The molecule has 13 nitrogen and oxygen atoms in total. The maximum atomic E-state index is 16.5. The average molecular weight is 752 g/mol. The molecule has 3 aromatic carbocycles. The smallest absolute Gasteiger partial charge is 0.256 e. The first-order valence-electron chi connectivity index (χ1n) is 19.4. The Morgan fingerprint density at radius 3 is 2.55 bits per heavy atom. The number of amides is 2. The summed E-state index contributed by atoms with van der Waals surface area (Å²) in [5, 5.41) is 7.86. The highest BCUT2D eigenvalue weighted by molar-refractivity contribution is 6.07. The normalized spacial score (nSPS) is 19.2. The predicted molar refractivity (Wildman–Crippen MR) is 208 cm³/mol. The summed E-state index contributed by atoms with van der Waals surface area (Å²) in [6.45, 7) is 9.73. The Hall–Kier alpha value is -5.02. The highest BCUT2D eigenvalue weighted by Crippen LogP contribution is 2.49. The third-order valence-corrected chi connectivity index (χ3v) is 11.5. The first kappa shape index (κ1) is 35.7. The number of halogens is 1. The van der Waals surface area contributed by atoms with E-state index in [1.54, 1.807) is 4.57 Å². The minimum Gasteiger partial charge on any atom is -0.456 e. The van der Waals surface area contributed by atoms with Crippen LogP contribution in [0.1, 0.15) is 29.6 Å². The molecule has 4 aliphatic heterocycles. The Bertz CT molecular complexity index is 2350. The molecule has 4 aliphatic rings. The number of furan rings is 1. The van der Waals surface area contributed by atoms with Gasteiger partial charge in [-0.05, 0) is 44.6 Å². The predicted octanol–water partition coefficient (Wildman–Crippen LogP) is 3.92. The second kappa shape index (κ2) is 14.9. The van der Waals surface area contributed by atoms with E-state index in [1.165, 1.54) is 12.3 Å². The fraction of sp³-hybridized carbons (Fsp3) is 0.439. The molecular formula is C41H46FN7O6. The molecule has 0 spiro atoms. The van der Waals surface area contributed by atoms with Crippen LogP contribution >= 0.6 is 0 Å². The van der Waals surface area contributed by atoms with Gasteiger partial charge in [0, 0.05) is 101 Å². The van der Waals surface area contributed by atoms with Crippen LogP contribution in [0.15, 0.2) is 57.9 Å². The number of carbonyl (C=O) groups excluding carboxylic acids is 2. The Kier molecular flexibility index (Phi) is 9.67. The fourth-order valence-corrected chi connectivity index (χ4v) is 8.42. The molecule has 0 radical (unpaired) electrons. The zero-order valence-corrected chi connectivity index (χ0v) is 31.1. The van der Waals surface area contributed by atoms with Crippen molar-refractivity contribution in [1.82, 2.24) is 29.9 Å². The van der Waals surface area contributed by atoms with E-state index in [-0.39, 0.29) is 34.3 Å². The van der Waals surface area contributed by atoms with E-state index in [0.717, 1.165) is 56.6 Å². The van der Waals surface area contributed by atoms with Crippen LogP contribution in [0.2, 0.25) is 0 Å². The number of carbonyl (C=O) groups is 2. The standard InChI is InChI=1S/C41H46FN7O6/c1-45-13-15-47(16-14-45)11-8-36(50)44-26-7-12-48(24-26)38-31(42)21-29-37-40(38)55-35-22-28-27-5-2-3-6-33(27)54-34(28)23-32(35)49(37)25-30(39(29)51)41(52)43-9-4-10-46-17-19-53-20-18-46/h2-3,5-6,21-23,25-26H,4,7-20,24H2,1H3,(H,43,52)(H,44,50)/t26-/m1/s1. The van der Waals surface area contributed by atoms with Gasteiger partial charge in [-0.1, -0.05) is 18.2 Å². The molecule has 2 aromatic heterocycles. The van der Waals surface area contributed by atoms with E-state index >= 15 is 4.39 Å². The van der Waals surface area contributed by atoms with Gasteiger partial charge >= 0.3 is 0 Å². The number of nitrogens with zero attached hydrogens (tertiary/aromatic N) is 5. The molecule has 1 atom stereocenters. The summed E-state index contributed by atoms with van der Waals surface area (Å²) in [6.07, 6.45) is 3.29. The summed E-state index contributed by atoms with van der Waals surface area (Å²) >= 11 is 0. The van der Waals surface area contributed by atoms with E-state index in [2.05, 4.69) is 32.4 Å². The lowest BCUT2D eigenvalue weighted by Crippen LogP contribution is -2.46. The SMILES string of the molecule is CN1CCN(CCC(=O)N[C@@H]2CCN(c3c(F)cc4c(=O)c(C(=O)NCCCN5CCOCC5)cn5c4c3Oc3cc4c(cc3-5)oc3ccccc34)C2)CC1. The molecule has 2 N–H and O–H groups in total. The quantitative estimate of drug-likeness (QED) is 0.199. The van der Waals surface area contributed by atoms with Crippen LogP contribution in [-0.4, -0.2) is 129 Å². The van der Waals surface area contributed by atoms with Crippen molar-refractivity contribution in [2.75, 3.05) is 97.2 Å². The van der Waals surface area contributed by atoms with Crippen LogP contribution in [0.5, 0.6) is 11.5 Å². The van der Waals surface area contributed by atoms with Crippen molar-refractivity contribution >= 4 is 50.3 Å². The zero-order chi connectivity index (χ0) is 37.6. The van der Waals surface area contributed by atoms with Gasteiger partial charge in [0.15, 0.2) is 17.3 Å². The maximum absolute atomic E-state index is 16.5. The van der Waals surface area contributed by atoms with Crippen molar-refractivity contribution in [2.45, 2.75) is 25.3 Å². The fourth-order valence-electron chi connectivity index (χ4n) is 8.42. The molecule has 9 rings (SSSR count). The third-order valence-electron chi connectivity index (χ3n) is 11.5. The second-order valence-corrected chi connectivity index (χ2v) is 15.1. The number of morpholine rings is 1. The van der Waals surface area contributed by atoms with Crippen LogP contribution in [0, 0.1) is 5.82 Å². The number of pyridine rings is 1. The number of rotatable bonds is 10. The Morgan fingerprint density at radius 1 is 0.909 bits per heavy atom.